The van der Waals surface area contributed by atoms with Crippen LogP contribution in [0.25, 0.3) is 0 Å². The number of guanidine groups is 1. The fraction of sp³-hybridized carbons (Fsp3) is 0.294. The SMILES string of the molecule is CN=C(NCCc1ccccn1)NCc1cc(Cl)ccc1OC(F)F. The van der Waals surface area contributed by atoms with Crippen molar-refractivity contribution in [2.45, 2.75) is 19.6 Å². The van der Waals surface area contributed by atoms with E-state index in [4.69, 9.17) is 11.6 Å². The normalized spacial score (nSPS) is 11.5. The van der Waals surface area contributed by atoms with Crippen LogP contribution in [0, 0.1) is 0 Å². The molecule has 134 valence electrons. The molecule has 1 aromatic heterocycles. The van der Waals surface area contributed by atoms with Crippen molar-refractivity contribution in [1.82, 2.24) is 15.6 Å². The number of halogens is 3. The number of pyridine rings is 1. The number of nitrogens with one attached hydrogen (secondary N) is 2. The lowest BCUT2D eigenvalue weighted by molar-refractivity contribution is -0.0504. The zero-order chi connectivity index (χ0) is 18.1. The summed E-state index contributed by atoms with van der Waals surface area (Å²) in [6.07, 6.45) is 2.48. The van der Waals surface area contributed by atoms with Crippen molar-refractivity contribution in [3.05, 3.63) is 58.9 Å². The number of benzene rings is 1. The maximum absolute atomic E-state index is 12.5. The van der Waals surface area contributed by atoms with Crippen molar-refractivity contribution < 1.29 is 13.5 Å². The summed E-state index contributed by atoms with van der Waals surface area (Å²) in [6.45, 7) is -2.02. The maximum atomic E-state index is 12.5. The van der Waals surface area contributed by atoms with Crippen molar-refractivity contribution in [3.63, 3.8) is 0 Å². The first kappa shape index (κ1) is 18.9. The van der Waals surface area contributed by atoms with Crippen LogP contribution in [0.2, 0.25) is 5.02 Å². The number of nitrogens with zero attached hydrogens (tertiary/aromatic N) is 2. The second-order valence-electron chi connectivity index (χ2n) is 5.05. The van der Waals surface area contributed by atoms with Gasteiger partial charge in [0.1, 0.15) is 5.75 Å². The topological polar surface area (TPSA) is 58.5 Å². The standard InChI is InChI=1S/C17H19ClF2N4O/c1-21-17(23-9-7-14-4-2-3-8-22-14)24-11-12-10-13(18)5-6-15(12)25-16(19)20/h2-6,8,10,16H,7,9,11H2,1H3,(H2,21,23,24). The lowest BCUT2D eigenvalue weighted by Gasteiger charge is -2.14. The molecule has 0 saturated heterocycles. The van der Waals surface area contributed by atoms with Crippen LogP contribution >= 0.6 is 11.6 Å². The number of aliphatic imine (C=N–C) groups is 1. The minimum atomic E-state index is -2.89. The molecule has 0 spiro atoms. The average Bonchev–Trinajstić information content (AvgIpc) is 2.60. The van der Waals surface area contributed by atoms with E-state index in [2.05, 4.69) is 25.3 Å². The molecule has 0 bridgehead atoms. The van der Waals surface area contributed by atoms with Crippen molar-refractivity contribution in [2.24, 2.45) is 4.99 Å². The van der Waals surface area contributed by atoms with Gasteiger partial charge in [-0.25, -0.2) is 0 Å². The van der Waals surface area contributed by atoms with E-state index in [1.807, 2.05) is 18.2 Å². The molecule has 5 nitrogen and oxygen atoms in total. The Morgan fingerprint density at radius 3 is 2.80 bits per heavy atom. The summed E-state index contributed by atoms with van der Waals surface area (Å²) in [5.74, 6) is 0.620. The monoisotopic (exact) mass is 368 g/mol. The van der Waals surface area contributed by atoms with Gasteiger partial charge < -0.3 is 15.4 Å². The number of hydrogen-bond acceptors (Lipinski definition) is 3. The van der Waals surface area contributed by atoms with Crippen molar-refractivity contribution >= 4 is 17.6 Å². The van der Waals surface area contributed by atoms with Gasteiger partial charge in [-0.15, -0.1) is 0 Å². The lowest BCUT2D eigenvalue weighted by Crippen LogP contribution is -2.38. The molecule has 8 heteroatoms. The minimum absolute atomic E-state index is 0.0795. The molecule has 2 rings (SSSR count). The van der Waals surface area contributed by atoms with E-state index in [9.17, 15) is 8.78 Å². The summed E-state index contributed by atoms with van der Waals surface area (Å²) >= 11 is 5.93. The third kappa shape index (κ3) is 6.54. The van der Waals surface area contributed by atoms with Gasteiger partial charge in [0.25, 0.3) is 0 Å². The Morgan fingerprint density at radius 2 is 2.12 bits per heavy atom. The van der Waals surface area contributed by atoms with E-state index in [0.29, 0.717) is 23.1 Å². The van der Waals surface area contributed by atoms with Crippen LogP contribution in [0.4, 0.5) is 8.78 Å². The molecular weight excluding hydrogens is 350 g/mol. The molecule has 0 aliphatic rings. The molecule has 25 heavy (non-hydrogen) atoms. The fourth-order valence-electron chi connectivity index (χ4n) is 2.15. The van der Waals surface area contributed by atoms with Crippen LogP contribution in [-0.2, 0) is 13.0 Å². The van der Waals surface area contributed by atoms with E-state index in [1.165, 1.54) is 12.1 Å². The Labute approximate surface area is 150 Å². The first-order valence-electron chi connectivity index (χ1n) is 7.66. The molecule has 2 N–H and O–H groups in total. The summed E-state index contributed by atoms with van der Waals surface area (Å²) < 4.78 is 29.5. The molecule has 0 radical (unpaired) electrons. The van der Waals surface area contributed by atoms with E-state index in [0.717, 1.165) is 12.1 Å². The number of hydrogen-bond donors (Lipinski definition) is 2. The Kier molecular flexibility index (Phi) is 7.40. The molecule has 0 saturated carbocycles. The van der Waals surface area contributed by atoms with Crippen LogP contribution in [0.3, 0.4) is 0 Å². The van der Waals surface area contributed by atoms with Crippen molar-refractivity contribution in [3.8, 4) is 5.75 Å². The summed E-state index contributed by atoms with van der Waals surface area (Å²) in [7, 11) is 1.63. The Bertz CT molecular complexity index is 698. The van der Waals surface area contributed by atoms with Crippen LogP contribution < -0.4 is 15.4 Å². The Morgan fingerprint density at radius 1 is 1.28 bits per heavy atom. The van der Waals surface area contributed by atoms with E-state index < -0.39 is 6.61 Å². The van der Waals surface area contributed by atoms with Gasteiger partial charge in [0.2, 0.25) is 0 Å². The van der Waals surface area contributed by atoms with Gasteiger partial charge in [-0.2, -0.15) is 8.78 Å². The molecular formula is C17H19ClF2N4O. The molecule has 0 aliphatic heterocycles. The van der Waals surface area contributed by atoms with Gasteiger partial charge in [0.05, 0.1) is 0 Å². The molecule has 0 unspecified atom stereocenters. The highest BCUT2D eigenvalue weighted by Crippen LogP contribution is 2.24. The zero-order valence-corrected chi connectivity index (χ0v) is 14.4. The fourth-order valence-corrected chi connectivity index (χ4v) is 2.35. The van der Waals surface area contributed by atoms with Crippen LogP contribution in [-0.4, -0.2) is 31.1 Å². The molecule has 1 heterocycles. The summed E-state index contributed by atoms with van der Waals surface area (Å²) in [6, 6.07) is 10.2. The molecule has 0 amide bonds. The number of rotatable bonds is 7. The summed E-state index contributed by atoms with van der Waals surface area (Å²) in [4.78, 5) is 8.34. The predicted molar refractivity (Wildman–Crippen MR) is 94.2 cm³/mol. The smallest absolute Gasteiger partial charge is 0.387 e. The Balaban J connectivity index is 1.89. The lowest BCUT2D eigenvalue weighted by atomic mass is 10.2. The third-order valence-electron chi connectivity index (χ3n) is 3.31. The number of ether oxygens (including phenoxy) is 1. The maximum Gasteiger partial charge on any atom is 0.387 e. The highest BCUT2D eigenvalue weighted by atomic mass is 35.5. The predicted octanol–water partition coefficient (Wildman–Crippen LogP) is 3.24. The van der Waals surface area contributed by atoms with Crippen LogP contribution in [0.5, 0.6) is 5.75 Å². The minimum Gasteiger partial charge on any atom is -0.434 e. The highest BCUT2D eigenvalue weighted by molar-refractivity contribution is 6.30. The van der Waals surface area contributed by atoms with Crippen LogP contribution in [0.15, 0.2) is 47.6 Å². The van der Waals surface area contributed by atoms with E-state index in [1.54, 1.807) is 19.3 Å². The summed E-state index contributed by atoms with van der Waals surface area (Å²) in [5.41, 5.74) is 1.48. The van der Waals surface area contributed by atoms with Gasteiger partial charge in [-0.05, 0) is 30.3 Å². The van der Waals surface area contributed by atoms with Crippen LogP contribution in [0.1, 0.15) is 11.3 Å². The van der Waals surface area contributed by atoms with E-state index >= 15 is 0 Å². The quantitative estimate of drug-likeness (QED) is 0.582. The highest BCUT2D eigenvalue weighted by Gasteiger charge is 2.11. The second kappa shape index (κ2) is 9.78. The van der Waals surface area contributed by atoms with Crippen molar-refractivity contribution in [1.29, 1.82) is 0 Å². The second-order valence-corrected chi connectivity index (χ2v) is 5.49. The summed E-state index contributed by atoms with van der Waals surface area (Å²) in [5, 5.41) is 6.63. The van der Waals surface area contributed by atoms with Gasteiger partial charge in [0.15, 0.2) is 5.96 Å². The van der Waals surface area contributed by atoms with Gasteiger partial charge in [-0.1, -0.05) is 17.7 Å². The third-order valence-corrected chi connectivity index (χ3v) is 3.54. The molecule has 0 aliphatic carbocycles. The molecule has 1 aromatic carbocycles. The first-order chi connectivity index (χ1) is 12.1. The number of alkyl halides is 2. The van der Waals surface area contributed by atoms with Gasteiger partial charge in [-0.3, -0.25) is 9.98 Å². The van der Waals surface area contributed by atoms with Gasteiger partial charge >= 0.3 is 6.61 Å². The van der Waals surface area contributed by atoms with E-state index in [-0.39, 0.29) is 12.3 Å². The number of aromatic nitrogens is 1. The van der Waals surface area contributed by atoms with Gasteiger partial charge in [0, 0.05) is 49.0 Å². The Hall–Kier alpha value is -2.41. The first-order valence-corrected chi connectivity index (χ1v) is 8.04. The molecule has 0 fully saturated rings. The van der Waals surface area contributed by atoms with Crippen molar-refractivity contribution in [2.75, 3.05) is 13.6 Å². The largest absolute Gasteiger partial charge is 0.434 e. The average molecular weight is 369 g/mol. The zero-order valence-electron chi connectivity index (χ0n) is 13.7. The molecule has 2 aromatic rings. The molecule has 0 atom stereocenters.